The maximum absolute atomic E-state index is 12.7. The molecule has 0 aromatic heterocycles. The molecule has 0 aromatic rings. The molecule has 0 aromatic carbocycles. The highest BCUT2D eigenvalue weighted by Crippen LogP contribution is 2.60. The van der Waals surface area contributed by atoms with Crippen LogP contribution < -0.4 is 0 Å². The zero-order valence-corrected chi connectivity index (χ0v) is 15.7. The molecule has 0 heterocycles. The summed E-state index contributed by atoms with van der Waals surface area (Å²) >= 11 is 0. The SMILES string of the molecule is C#CC(OC(=O)C1C(C=C(C)C)C1(C)C)C(=CC1=CCCC1)CC. The van der Waals surface area contributed by atoms with Gasteiger partial charge in [-0.1, -0.05) is 56.1 Å². The summed E-state index contributed by atoms with van der Waals surface area (Å²) in [7, 11) is 0. The van der Waals surface area contributed by atoms with Gasteiger partial charge in [-0.25, -0.2) is 0 Å². The quantitative estimate of drug-likeness (QED) is 0.380. The van der Waals surface area contributed by atoms with Gasteiger partial charge in [0.2, 0.25) is 0 Å². The first-order valence-electron chi connectivity index (χ1n) is 9.02. The number of terminal acetylenes is 1. The molecule has 0 aliphatic heterocycles. The highest BCUT2D eigenvalue weighted by atomic mass is 16.5. The first-order chi connectivity index (χ1) is 11.3. The smallest absolute Gasteiger partial charge is 0.311 e. The number of rotatable bonds is 6. The molecule has 0 radical (unpaired) electrons. The number of hydrogen-bond acceptors (Lipinski definition) is 2. The Morgan fingerprint density at radius 3 is 2.71 bits per heavy atom. The second-order valence-corrected chi connectivity index (χ2v) is 7.80. The Labute approximate surface area is 147 Å². The predicted molar refractivity (Wildman–Crippen MR) is 99.2 cm³/mol. The highest BCUT2D eigenvalue weighted by Gasteiger charge is 2.61. The van der Waals surface area contributed by atoms with E-state index in [0.717, 1.165) is 24.8 Å². The van der Waals surface area contributed by atoms with E-state index in [1.807, 2.05) is 0 Å². The van der Waals surface area contributed by atoms with Gasteiger partial charge < -0.3 is 4.74 Å². The molecule has 2 nitrogen and oxygen atoms in total. The molecule has 2 aliphatic carbocycles. The van der Waals surface area contributed by atoms with Crippen LogP contribution in [0.5, 0.6) is 0 Å². The lowest BCUT2D eigenvalue weighted by Crippen LogP contribution is -2.21. The van der Waals surface area contributed by atoms with Gasteiger partial charge in [0.1, 0.15) is 0 Å². The minimum Gasteiger partial charge on any atom is -0.444 e. The van der Waals surface area contributed by atoms with Gasteiger partial charge in [0.25, 0.3) is 0 Å². The van der Waals surface area contributed by atoms with Crippen molar-refractivity contribution in [2.24, 2.45) is 17.3 Å². The van der Waals surface area contributed by atoms with E-state index in [4.69, 9.17) is 11.2 Å². The van der Waals surface area contributed by atoms with Crippen molar-refractivity contribution in [1.82, 2.24) is 0 Å². The Morgan fingerprint density at radius 2 is 2.21 bits per heavy atom. The molecule has 1 saturated carbocycles. The summed E-state index contributed by atoms with van der Waals surface area (Å²) in [6.07, 6.45) is 15.9. The molecule has 24 heavy (non-hydrogen) atoms. The Hall–Kier alpha value is -1.75. The van der Waals surface area contributed by atoms with Crippen LogP contribution in [0.25, 0.3) is 0 Å². The molecule has 0 amide bonds. The summed E-state index contributed by atoms with van der Waals surface area (Å²) < 4.78 is 5.73. The second-order valence-electron chi connectivity index (χ2n) is 7.80. The standard InChI is InChI=1S/C22H30O2/c1-7-17(14-16-11-9-10-12-16)19(8-2)24-21(23)20-18(13-15(3)4)22(20,5)6/h2,11,13-14,18-20H,7,9-10,12H2,1,3-6H3. The first kappa shape index (κ1) is 18.6. The average molecular weight is 326 g/mol. The maximum Gasteiger partial charge on any atom is 0.311 e. The number of ether oxygens (including phenoxy) is 1. The molecule has 1 fully saturated rings. The van der Waals surface area contributed by atoms with E-state index >= 15 is 0 Å². The van der Waals surface area contributed by atoms with Gasteiger partial charge >= 0.3 is 5.97 Å². The summed E-state index contributed by atoms with van der Waals surface area (Å²) in [4.78, 5) is 12.7. The molecule has 2 heteroatoms. The topological polar surface area (TPSA) is 26.3 Å². The highest BCUT2D eigenvalue weighted by molar-refractivity contribution is 5.79. The number of carbonyl (C=O) groups excluding carboxylic acids is 1. The van der Waals surface area contributed by atoms with Crippen LogP contribution in [0.15, 0.2) is 34.9 Å². The van der Waals surface area contributed by atoms with Crippen molar-refractivity contribution in [3.63, 3.8) is 0 Å². The second kappa shape index (κ2) is 7.43. The molecule has 0 N–H and O–H groups in total. The molecular weight excluding hydrogens is 296 g/mol. The van der Waals surface area contributed by atoms with E-state index in [-0.39, 0.29) is 23.2 Å². The third kappa shape index (κ3) is 4.01. The van der Waals surface area contributed by atoms with Crippen molar-refractivity contribution in [2.75, 3.05) is 0 Å². The van der Waals surface area contributed by atoms with E-state index in [1.54, 1.807) is 0 Å². The van der Waals surface area contributed by atoms with E-state index in [1.165, 1.54) is 17.6 Å². The Kier molecular flexibility index (Phi) is 5.75. The van der Waals surface area contributed by atoms with Crippen LogP contribution in [0.4, 0.5) is 0 Å². The lowest BCUT2D eigenvalue weighted by molar-refractivity contribution is -0.147. The minimum absolute atomic E-state index is 0.0441. The van der Waals surface area contributed by atoms with Crippen molar-refractivity contribution < 1.29 is 9.53 Å². The number of allylic oxidation sites excluding steroid dienone is 5. The van der Waals surface area contributed by atoms with Crippen molar-refractivity contribution >= 4 is 5.97 Å². The monoisotopic (exact) mass is 326 g/mol. The first-order valence-corrected chi connectivity index (χ1v) is 9.02. The summed E-state index contributed by atoms with van der Waals surface area (Å²) in [6.45, 7) is 10.4. The largest absolute Gasteiger partial charge is 0.444 e. The van der Waals surface area contributed by atoms with Gasteiger partial charge in [0.15, 0.2) is 6.10 Å². The van der Waals surface area contributed by atoms with Gasteiger partial charge in [-0.15, -0.1) is 6.42 Å². The molecule has 130 valence electrons. The zero-order valence-electron chi connectivity index (χ0n) is 15.7. The van der Waals surface area contributed by atoms with Crippen LogP contribution in [0.3, 0.4) is 0 Å². The summed E-state index contributed by atoms with van der Waals surface area (Å²) in [6, 6.07) is 0. The third-order valence-electron chi connectivity index (χ3n) is 5.25. The van der Waals surface area contributed by atoms with Crippen LogP contribution in [-0.4, -0.2) is 12.1 Å². The summed E-state index contributed by atoms with van der Waals surface area (Å²) in [5, 5.41) is 0. The van der Waals surface area contributed by atoms with Crippen molar-refractivity contribution in [3.05, 3.63) is 34.9 Å². The lowest BCUT2D eigenvalue weighted by Gasteiger charge is -2.16. The van der Waals surface area contributed by atoms with Crippen molar-refractivity contribution in [2.45, 2.75) is 66.4 Å². The van der Waals surface area contributed by atoms with E-state index in [9.17, 15) is 4.79 Å². The van der Waals surface area contributed by atoms with Gasteiger partial charge in [-0.2, -0.15) is 0 Å². The third-order valence-corrected chi connectivity index (χ3v) is 5.25. The molecule has 3 atom stereocenters. The number of esters is 1. The number of carbonyl (C=O) groups is 1. The number of hydrogen-bond donors (Lipinski definition) is 0. The van der Waals surface area contributed by atoms with E-state index in [2.05, 4.69) is 58.8 Å². The molecule has 0 spiro atoms. The Bertz CT molecular complexity index is 621. The Balaban J connectivity index is 2.09. The molecule has 2 aliphatic rings. The van der Waals surface area contributed by atoms with Crippen LogP contribution in [0.2, 0.25) is 0 Å². The van der Waals surface area contributed by atoms with Crippen molar-refractivity contribution in [1.29, 1.82) is 0 Å². The average Bonchev–Trinajstić information content (AvgIpc) is 2.89. The summed E-state index contributed by atoms with van der Waals surface area (Å²) in [5.41, 5.74) is 3.53. The summed E-state index contributed by atoms with van der Waals surface area (Å²) in [5.74, 6) is 2.67. The van der Waals surface area contributed by atoms with Crippen molar-refractivity contribution in [3.8, 4) is 12.3 Å². The van der Waals surface area contributed by atoms with Gasteiger partial charge in [-0.05, 0) is 56.4 Å². The van der Waals surface area contributed by atoms with Crippen LogP contribution in [0.1, 0.15) is 60.3 Å². The minimum atomic E-state index is -0.548. The molecule has 3 unspecified atom stereocenters. The van der Waals surface area contributed by atoms with Gasteiger partial charge in [0.05, 0.1) is 5.92 Å². The van der Waals surface area contributed by atoms with E-state index < -0.39 is 6.10 Å². The molecule has 0 bridgehead atoms. The lowest BCUT2D eigenvalue weighted by atomic mass is 10.0. The fourth-order valence-corrected chi connectivity index (χ4v) is 3.63. The van der Waals surface area contributed by atoms with Crippen LogP contribution in [-0.2, 0) is 9.53 Å². The zero-order chi connectivity index (χ0) is 17.9. The Morgan fingerprint density at radius 1 is 1.50 bits per heavy atom. The molecular formula is C22H30O2. The maximum atomic E-state index is 12.7. The fourth-order valence-electron chi connectivity index (χ4n) is 3.63. The fraction of sp³-hybridized carbons (Fsp3) is 0.591. The van der Waals surface area contributed by atoms with Crippen LogP contribution in [0, 0.1) is 29.6 Å². The molecule has 0 saturated heterocycles. The molecule has 2 rings (SSSR count). The van der Waals surface area contributed by atoms with Gasteiger partial charge in [-0.3, -0.25) is 4.79 Å². The predicted octanol–water partition coefficient (Wildman–Crippen LogP) is 5.22. The van der Waals surface area contributed by atoms with Crippen LogP contribution >= 0.6 is 0 Å². The van der Waals surface area contributed by atoms with Gasteiger partial charge in [0, 0.05) is 0 Å². The van der Waals surface area contributed by atoms with E-state index in [0.29, 0.717) is 0 Å². The normalized spacial score (nSPS) is 26.2.